The van der Waals surface area contributed by atoms with Gasteiger partial charge in [-0.3, -0.25) is 0 Å². The highest BCUT2D eigenvalue weighted by molar-refractivity contribution is 7.15. The van der Waals surface area contributed by atoms with Crippen molar-refractivity contribution in [3.8, 4) is 0 Å². The summed E-state index contributed by atoms with van der Waals surface area (Å²) in [6, 6.07) is 0. The Labute approximate surface area is 130 Å². The van der Waals surface area contributed by atoms with Crippen LogP contribution in [-0.4, -0.2) is 47.2 Å². The van der Waals surface area contributed by atoms with Crippen LogP contribution in [0, 0.1) is 5.41 Å². The van der Waals surface area contributed by atoms with Gasteiger partial charge in [0, 0.05) is 38.0 Å². The SMILES string of the molecule is CCCc1nnc(N2CCC3(CC2)[C@@H](OCC)C[C@@H]3O)s1. The Bertz CT molecular complexity index is 469. The van der Waals surface area contributed by atoms with Crippen LogP contribution in [0.1, 0.15) is 44.5 Å². The largest absolute Gasteiger partial charge is 0.392 e. The third-order valence-corrected chi connectivity index (χ3v) is 6.04. The number of hydrogen-bond acceptors (Lipinski definition) is 6. The molecule has 0 radical (unpaired) electrons. The summed E-state index contributed by atoms with van der Waals surface area (Å²) in [5, 5.41) is 21.0. The molecule has 3 rings (SSSR count). The van der Waals surface area contributed by atoms with Crippen LogP contribution in [0.4, 0.5) is 5.13 Å². The van der Waals surface area contributed by atoms with Gasteiger partial charge in [-0.25, -0.2) is 0 Å². The van der Waals surface area contributed by atoms with E-state index in [1.807, 2.05) is 6.92 Å². The van der Waals surface area contributed by atoms with E-state index in [1.54, 1.807) is 11.3 Å². The van der Waals surface area contributed by atoms with Gasteiger partial charge in [0.25, 0.3) is 0 Å². The minimum Gasteiger partial charge on any atom is -0.392 e. The molecule has 1 aliphatic carbocycles. The highest BCUT2D eigenvalue weighted by atomic mass is 32.1. The molecule has 1 aliphatic heterocycles. The van der Waals surface area contributed by atoms with Gasteiger partial charge in [0.2, 0.25) is 5.13 Å². The first kappa shape index (κ1) is 15.2. The first-order valence-electron chi connectivity index (χ1n) is 8.06. The Kier molecular flexibility index (Phi) is 4.47. The zero-order chi connectivity index (χ0) is 14.9. The van der Waals surface area contributed by atoms with Gasteiger partial charge < -0.3 is 14.7 Å². The molecule has 0 aromatic carbocycles. The predicted molar refractivity (Wildman–Crippen MR) is 83.8 cm³/mol. The van der Waals surface area contributed by atoms with Crippen molar-refractivity contribution in [2.24, 2.45) is 5.41 Å². The molecule has 1 aromatic heterocycles. The Morgan fingerprint density at radius 2 is 2.10 bits per heavy atom. The van der Waals surface area contributed by atoms with Crippen molar-refractivity contribution in [3.63, 3.8) is 0 Å². The van der Waals surface area contributed by atoms with Crippen LogP contribution in [0.2, 0.25) is 0 Å². The highest BCUT2D eigenvalue weighted by Gasteiger charge is 2.56. The van der Waals surface area contributed by atoms with Gasteiger partial charge in [0.05, 0.1) is 12.2 Å². The van der Waals surface area contributed by atoms with E-state index >= 15 is 0 Å². The number of aromatic nitrogens is 2. The molecular formula is C15H25N3O2S. The summed E-state index contributed by atoms with van der Waals surface area (Å²) < 4.78 is 5.81. The van der Waals surface area contributed by atoms with Gasteiger partial charge in [-0.2, -0.15) is 0 Å². The lowest BCUT2D eigenvalue weighted by Gasteiger charge is -2.56. The van der Waals surface area contributed by atoms with Gasteiger partial charge in [-0.05, 0) is 26.2 Å². The van der Waals surface area contributed by atoms with Crippen molar-refractivity contribution in [1.82, 2.24) is 10.2 Å². The van der Waals surface area contributed by atoms with Gasteiger partial charge in [-0.15, -0.1) is 10.2 Å². The van der Waals surface area contributed by atoms with E-state index in [1.165, 1.54) is 0 Å². The number of nitrogens with zero attached hydrogens (tertiary/aromatic N) is 3. The second-order valence-electron chi connectivity index (χ2n) is 6.14. The molecule has 5 nitrogen and oxygen atoms in total. The molecule has 2 heterocycles. The van der Waals surface area contributed by atoms with Crippen LogP contribution in [0.25, 0.3) is 0 Å². The standard InChI is InChI=1S/C15H25N3O2S/c1-3-5-13-16-17-14(21-13)18-8-6-15(7-9-18)11(19)10-12(15)20-4-2/h11-12,19H,3-10H2,1-2H3/t11-,12-/m0/s1. The van der Waals surface area contributed by atoms with E-state index in [-0.39, 0.29) is 17.6 Å². The maximum absolute atomic E-state index is 10.2. The van der Waals surface area contributed by atoms with Crippen LogP contribution >= 0.6 is 11.3 Å². The molecule has 0 bridgehead atoms. The van der Waals surface area contributed by atoms with E-state index in [2.05, 4.69) is 22.0 Å². The van der Waals surface area contributed by atoms with Crippen molar-refractivity contribution < 1.29 is 9.84 Å². The summed E-state index contributed by atoms with van der Waals surface area (Å²) in [5.74, 6) is 0. The number of aliphatic hydroxyl groups excluding tert-OH is 1. The molecular weight excluding hydrogens is 286 g/mol. The monoisotopic (exact) mass is 311 g/mol. The first-order chi connectivity index (χ1) is 10.2. The lowest BCUT2D eigenvalue weighted by molar-refractivity contribution is -0.199. The topological polar surface area (TPSA) is 58.5 Å². The number of piperidine rings is 1. The Morgan fingerprint density at radius 3 is 2.71 bits per heavy atom. The fourth-order valence-electron chi connectivity index (χ4n) is 3.62. The summed E-state index contributed by atoms with van der Waals surface area (Å²) in [5.41, 5.74) is -0.0105. The number of rotatable bonds is 5. The van der Waals surface area contributed by atoms with E-state index in [4.69, 9.17) is 4.74 Å². The molecule has 1 saturated heterocycles. The van der Waals surface area contributed by atoms with Crippen molar-refractivity contribution in [3.05, 3.63) is 5.01 Å². The van der Waals surface area contributed by atoms with Crippen molar-refractivity contribution in [2.75, 3.05) is 24.6 Å². The Morgan fingerprint density at radius 1 is 1.33 bits per heavy atom. The summed E-state index contributed by atoms with van der Waals surface area (Å²) >= 11 is 1.71. The lowest BCUT2D eigenvalue weighted by atomic mass is 9.58. The molecule has 2 atom stereocenters. The van der Waals surface area contributed by atoms with Gasteiger partial charge in [0.1, 0.15) is 5.01 Å². The summed E-state index contributed by atoms with van der Waals surface area (Å²) in [7, 11) is 0. The number of aryl methyl sites for hydroxylation is 1. The van der Waals surface area contributed by atoms with E-state index in [0.717, 1.165) is 61.9 Å². The van der Waals surface area contributed by atoms with Gasteiger partial charge in [0.15, 0.2) is 0 Å². The third-order valence-electron chi connectivity index (χ3n) is 4.99. The number of hydrogen-bond donors (Lipinski definition) is 1. The minimum atomic E-state index is -0.193. The number of anilines is 1. The van der Waals surface area contributed by atoms with Crippen molar-refractivity contribution in [2.45, 2.75) is 58.2 Å². The number of ether oxygens (including phenoxy) is 1. The zero-order valence-electron chi connectivity index (χ0n) is 12.9. The first-order valence-corrected chi connectivity index (χ1v) is 8.88. The predicted octanol–water partition coefficient (Wildman–Crippen LogP) is 2.25. The smallest absolute Gasteiger partial charge is 0.208 e. The lowest BCUT2D eigenvalue weighted by Crippen LogP contribution is -2.62. The van der Waals surface area contributed by atoms with E-state index < -0.39 is 0 Å². The minimum absolute atomic E-state index is 0.0105. The molecule has 1 saturated carbocycles. The van der Waals surface area contributed by atoms with Crippen LogP contribution in [0.15, 0.2) is 0 Å². The summed E-state index contributed by atoms with van der Waals surface area (Å²) in [6.07, 6.45) is 4.95. The molecule has 2 fully saturated rings. The second kappa shape index (κ2) is 6.18. The van der Waals surface area contributed by atoms with Crippen molar-refractivity contribution in [1.29, 1.82) is 0 Å². The van der Waals surface area contributed by atoms with E-state index in [9.17, 15) is 5.11 Å². The second-order valence-corrected chi connectivity index (χ2v) is 7.18. The van der Waals surface area contributed by atoms with E-state index in [0.29, 0.717) is 0 Å². The molecule has 118 valence electrons. The third kappa shape index (κ3) is 2.69. The molecule has 1 aromatic rings. The molecule has 6 heteroatoms. The van der Waals surface area contributed by atoms with Crippen LogP contribution in [0.5, 0.6) is 0 Å². The summed E-state index contributed by atoms with van der Waals surface area (Å²) in [4.78, 5) is 2.32. The molecule has 0 unspecified atom stereocenters. The number of aliphatic hydroxyl groups is 1. The molecule has 1 spiro atoms. The zero-order valence-corrected chi connectivity index (χ0v) is 13.7. The van der Waals surface area contributed by atoms with Crippen LogP contribution in [-0.2, 0) is 11.2 Å². The molecule has 0 amide bonds. The maximum Gasteiger partial charge on any atom is 0.208 e. The van der Waals surface area contributed by atoms with Gasteiger partial charge in [-0.1, -0.05) is 18.3 Å². The highest BCUT2D eigenvalue weighted by Crippen LogP contribution is 2.51. The fraction of sp³-hybridized carbons (Fsp3) is 0.867. The van der Waals surface area contributed by atoms with Crippen LogP contribution in [0.3, 0.4) is 0 Å². The maximum atomic E-state index is 10.2. The molecule has 2 aliphatic rings. The average molecular weight is 311 g/mol. The Hall–Kier alpha value is -0.720. The summed E-state index contributed by atoms with van der Waals surface area (Å²) in [6.45, 7) is 6.82. The molecule has 1 N–H and O–H groups in total. The average Bonchev–Trinajstić information content (AvgIpc) is 2.96. The Balaban J connectivity index is 1.61. The normalized spacial score (nSPS) is 27.9. The quantitative estimate of drug-likeness (QED) is 0.904. The fourth-order valence-corrected chi connectivity index (χ4v) is 4.61. The van der Waals surface area contributed by atoms with Gasteiger partial charge >= 0.3 is 0 Å². The van der Waals surface area contributed by atoms with Crippen LogP contribution < -0.4 is 4.90 Å². The van der Waals surface area contributed by atoms with Crippen molar-refractivity contribution >= 4 is 16.5 Å². The molecule has 21 heavy (non-hydrogen) atoms.